The van der Waals surface area contributed by atoms with E-state index in [1.54, 1.807) is 67.8 Å². The van der Waals surface area contributed by atoms with E-state index in [0.717, 1.165) is 34.8 Å². The summed E-state index contributed by atoms with van der Waals surface area (Å²) in [4.78, 5) is 27.2. The van der Waals surface area contributed by atoms with Gasteiger partial charge in [-0.2, -0.15) is 0 Å². The van der Waals surface area contributed by atoms with Crippen molar-refractivity contribution in [1.82, 2.24) is 24.9 Å². The van der Waals surface area contributed by atoms with Crippen molar-refractivity contribution in [2.45, 2.75) is 34.6 Å². The lowest BCUT2D eigenvalue weighted by Gasteiger charge is -1.82. The van der Waals surface area contributed by atoms with Gasteiger partial charge in [-0.1, -0.05) is 6.07 Å². The fraction of sp³-hybridized carbons (Fsp3) is 0.261. The molecule has 4 aromatic rings. The first kappa shape index (κ1) is 26.4. The number of oxazole rings is 1. The highest BCUT2D eigenvalue weighted by atomic mass is 32.1. The Morgan fingerprint density at radius 1 is 0.781 bits per heavy atom. The molecule has 1 aliphatic rings. The highest BCUT2D eigenvalue weighted by Crippen LogP contribution is 1.98. The van der Waals surface area contributed by atoms with Crippen molar-refractivity contribution >= 4 is 23.4 Å². The molecule has 0 N–H and O–H groups in total. The summed E-state index contributed by atoms with van der Waals surface area (Å²) in [6.07, 6.45) is 12.0. The molecule has 0 saturated heterocycles. The van der Waals surface area contributed by atoms with Gasteiger partial charge < -0.3 is 4.42 Å². The standard InChI is InChI=1S/C6H7N.C5H6N2.C4H6N2.C4H5NO.C4H5NS/c1-6-4-2-3-5-7-6;1-5-6-3-2-4-7-5;3*1-4-5-2-3-6-4/h2-5H,1H3;2-4H,1H3;2H,3H2,1H3;2*2-3H,1H3. The van der Waals surface area contributed by atoms with Gasteiger partial charge in [-0.3, -0.25) is 15.0 Å². The van der Waals surface area contributed by atoms with Crippen LogP contribution in [-0.4, -0.2) is 43.5 Å². The maximum absolute atomic E-state index is 4.72. The molecule has 0 atom stereocenters. The molecule has 0 fully saturated rings. The molecule has 0 amide bonds. The first-order valence-electron chi connectivity index (χ1n) is 9.84. The monoisotopic (exact) mass is 451 g/mol. The van der Waals surface area contributed by atoms with Crippen LogP contribution >= 0.6 is 11.3 Å². The van der Waals surface area contributed by atoms with Crippen LogP contribution < -0.4 is 0 Å². The Morgan fingerprint density at radius 2 is 1.53 bits per heavy atom. The van der Waals surface area contributed by atoms with Crippen LogP contribution in [0.4, 0.5) is 0 Å². The molecule has 0 bridgehead atoms. The van der Waals surface area contributed by atoms with Gasteiger partial charge in [0.25, 0.3) is 0 Å². The number of hydrogen-bond donors (Lipinski definition) is 0. The minimum Gasteiger partial charge on any atom is -0.449 e. The number of hydrogen-bond acceptors (Lipinski definition) is 9. The third kappa shape index (κ3) is 15.3. The van der Waals surface area contributed by atoms with E-state index in [2.05, 4.69) is 34.9 Å². The van der Waals surface area contributed by atoms with Crippen LogP contribution in [0.1, 0.15) is 29.3 Å². The van der Waals surface area contributed by atoms with Crippen molar-refractivity contribution in [3.8, 4) is 0 Å². The molecule has 9 heteroatoms. The van der Waals surface area contributed by atoms with Crippen LogP contribution in [0.25, 0.3) is 0 Å². The molecule has 0 unspecified atom stereocenters. The second kappa shape index (κ2) is 17.1. The lowest BCUT2D eigenvalue weighted by molar-refractivity contribution is 0.521. The van der Waals surface area contributed by atoms with Gasteiger partial charge in [0, 0.05) is 49.0 Å². The Hall–Kier alpha value is -3.59. The van der Waals surface area contributed by atoms with Crippen molar-refractivity contribution in [3.63, 3.8) is 0 Å². The third-order valence-corrected chi connectivity index (χ3v) is 4.00. The number of pyridine rings is 1. The molecule has 5 heterocycles. The minimum absolute atomic E-state index is 0.718. The predicted molar refractivity (Wildman–Crippen MR) is 130 cm³/mol. The molecule has 1 aliphatic heterocycles. The molecular formula is C23H29N7OS. The van der Waals surface area contributed by atoms with Crippen molar-refractivity contribution in [3.05, 3.63) is 89.3 Å². The maximum atomic E-state index is 4.72. The molecule has 168 valence electrons. The van der Waals surface area contributed by atoms with E-state index in [1.807, 2.05) is 51.3 Å². The average molecular weight is 452 g/mol. The number of aryl methyl sites for hydroxylation is 4. The molecule has 5 rings (SSSR count). The van der Waals surface area contributed by atoms with Crippen LogP contribution in [0.3, 0.4) is 0 Å². The number of rotatable bonds is 0. The number of aromatic nitrogens is 5. The largest absolute Gasteiger partial charge is 0.449 e. The average Bonchev–Trinajstić information content (AvgIpc) is 3.57. The Kier molecular flexibility index (Phi) is 14.2. The number of nitrogens with zero attached hydrogens (tertiary/aromatic N) is 7. The van der Waals surface area contributed by atoms with Gasteiger partial charge in [0.15, 0.2) is 5.89 Å². The van der Waals surface area contributed by atoms with E-state index >= 15 is 0 Å². The first-order valence-corrected chi connectivity index (χ1v) is 10.7. The zero-order valence-corrected chi connectivity index (χ0v) is 19.9. The summed E-state index contributed by atoms with van der Waals surface area (Å²) >= 11 is 1.67. The van der Waals surface area contributed by atoms with Gasteiger partial charge in [-0.05, 0) is 45.9 Å². The second-order valence-corrected chi connectivity index (χ2v) is 7.17. The Morgan fingerprint density at radius 3 is 1.75 bits per heavy atom. The van der Waals surface area contributed by atoms with Crippen LogP contribution in [0.15, 0.2) is 81.3 Å². The summed E-state index contributed by atoms with van der Waals surface area (Å²) in [5.74, 6) is 2.44. The van der Waals surface area contributed by atoms with Crippen LogP contribution in [0.5, 0.6) is 0 Å². The van der Waals surface area contributed by atoms with Crippen LogP contribution in [-0.2, 0) is 0 Å². The van der Waals surface area contributed by atoms with Gasteiger partial charge in [-0.15, -0.1) is 11.3 Å². The zero-order chi connectivity index (χ0) is 23.4. The van der Waals surface area contributed by atoms with E-state index in [9.17, 15) is 0 Å². The lowest BCUT2D eigenvalue weighted by atomic mass is 10.4. The second-order valence-electron chi connectivity index (χ2n) is 6.07. The predicted octanol–water partition coefficient (Wildman–Crippen LogP) is 5.10. The Balaban J connectivity index is 0.000000200. The minimum atomic E-state index is 0.718. The van der Waals surface area contributed by atoms with Gasteiger partial charge in [0.1, 0.15) is 17.9 Å². The van der Waals surface area contributed by atoms with Crippen molar-refractivity contribution in [2.75, 3.05) is 6.54 Å². The van der Waals surface area contributed by atoms with Gasteiger partial charge >= 0.3 is 0 Å². The summed E-state index contributed by atoms with van der Waals surface area (Å²) < 4.78 is 4.72. The van der Waals surface area contributed by atoms with Crippen molar-refractivity contribution < 1.29 is 4.42 Å². The molecule has 4 aromatic heterocycles. The van der Waals surface area contributed by atoms with E-state index in [-0.39, 0.29) is 0 Å². The normalized spacial score (nSPS) is 10.6. The van der Waals surface area contributed by atoms with Crippen molar-refractivity contribution in [1.29, 1.82) is 0 Å². The van der Waals surface area contributed by atoms with E-state index < -0.39 is 0 Å². The van der Waals surface area contributed by atoms with Crippen LogP contribution in [0.2, 0.25) is 0 Å². The molecule has 0 aromatic carbocycles. The fourth-order valence-corrected chi connectivity index (χ4v) is 2.24. The third-order valence-electron chi connectivity index (χ3n) is 3.30. The van der Waals surface area contributed by atoms with Crippen LogP contribution in [0, 0.1) is 27.7 Å². The Labute approximate surface area is 193 Å². The van der Waals surface area contributed by atoms with E-state index in [4.69, 9.17) is 4.42 Å². The topological polar surface area (TPSA) is 102 Å². The summed E-state index contributed by atoms with van der Waals surface area (Å²) in [5, 5.41) is 3.10. The molecule has 0 radical (unpaired) electrons. The van der Waals surface area contributed by atoms with Gasteiger partial charge in [0.2, 0.25) is 0 Å². The fourth-order valence-electron chi connectivity index (χ4n) is 1.80. The van der Waals surface area contributed by atoms with Crippen molar-refractivity contribution in [2.24, 2.45) is 9.98 Å². The SMILES string of the molecule is CC1=NCC=N1.Cc1ccccn1.Cc1ncccn1.Cc1ncco1.Cc1nccs1. The zero-order valence-electron chi connectivity index (χ0n) is 19.1. The highest BCUT2D eigenvalue weighted by molar-refractivity contribution is 7.09. The number of amidine groups is 1. The van der Waals surface area contributed by atoms with E-state index in [0.29, 0.717) is 0 Å². The molecular weight excluding hydrogens is 422 g/mol. The number of thiazole rings is 1. The lowest BCUT2D eigenvalue weighted by Crippen LogP contribution is -1.80. The summed E-state index contributed by atoms with van der Waals surface area (Å²) in [7, 11) is 0. The molecule has 0 spiro atoms. The maximum Gasteiger partial charge on any atom is 0.190 e. The quantitative estimate of drug-likeness (QED) is 0.368. The Bertz CT molecular complexity index is 915. The summed E-state index contributed by atoms with van der Waals surface area (Å²) in [5.41, 5.74) is 1.07. The van der Waals surface area contributed by atoms with E-state index in [1.165, 1.54) is 0 Å². The molecule has 0 saturated carbocycles. The first-order chi connectivity index (χ1) is 15.5. The molecule has 32 heavy (non-hydrogen) atoms. The van der Waals surface area contributed by atoms with Gasteiger partial charge in [0.05, 0.1) is 17.7 Å². The molecule has 0 aliphatic carbocycles. The highest BCUT2D eigenvalue weighted by Gasteiger charge is 1.87. The molecule has 8 nitrogen and oxygen atoms in total. The number of aliphatic imine (C=N–C) groups is 2. The van der Waals surface area contributed by atoms with Gasteiger partial charge in [-0.25, -0.2) is 19.9 Å². The summed E-state index contributed by atoms with van der Waals surface area (Å²) in [6.45, 7) is 10.3. The smallest absolute Gasteiger partial charge is 0.190 e. The summed E-state index contributed by atoms with van der Waals surface area (Å²) in [6, 6.07) is 7.66.